The molecule has 0 radical (unpaired) electrons. The molecule has 1 aromatic carbocycles. The Bertz CT molecular complexity index is 1990. The molecule has 0 aliphatic rings. The molecule has 12 heteroatoms. The maximum absolute atomic E-state index is 14.6. The monoisotopic (exact) mass is 529 g/mol. The van der Waals surface area contributed by atoms with Gasteiger partial charge in [-0.15, -0.1) is 0 Å². The van der Waals surface area contributed by atoms with Crippen LogP contribution in [0.3, 0.4) is 0 Å². The molecule has 0 aliphatic carbocycles. The minimum absolute atomic E-state index is 0.0213. The third-order valence-corrected chi connectivity index (χ3v) is 7.89. The van der Waals surface area contributed by atoms with Crippen LogP contribution >= 0.6 is 0 Å². The molecule has 5 heterocycles. The van der Waals surface area contributed by atoms with Gasteiger partial charge in [-0.1, -0.05) is 13.0 Å². The number of carbonyl (C=O) groups excluding carboxylic acids is 1. The van der Waals surface area contributed by atoms with Gasteiger partial charge in [-0.25, -0.2) is 9.37 Å². The highest BCUT2D eigenvalue weighted by molar-refractivity contribution is 7.90. The predicted octanol–water partition coefficient (Wildman–Crippen LogP) is 4.12. The molecule has 0 atom stereocenters. The van der Waals surface area contributed by atoms with Crippen LogP contribution in [0.5, 0.6) is 0 Å². The maximum atomic E-state index is 14.6. The van der Waals surface area contributed by atoms with Crippen LogP contribution in [0.1, 0.15) is 23.7 Å². The van der Waals surface area contributed by atoms with Gasteiger partial charge in [-0.2, -0.15) is 22.7 Å². The lowest BCUT2D eigenvalue weighted by molar-refractivity contribution is 0.0984. The second-order valence-electron chi connectivity index (χ2n) is 8.74. The molecule has 0 saturated carbocycles. The molecule has 0 aliphatic heterocycles. The number of benzene rings is 1. The van der Waals surface area contributed by atoms with Gasteiger partial charge in [0.15, 0.2) is 10.8 Å². The van der Waals surface area contributed by atoms with Gasteiger partial charge < -0.3 is 0 Å². The number of carbonyl (C=O) groups is 1. The standard InChI is InChI=1S/C26H20FN7O3S/c1-3-24(35)20-6-4-16(8-21(20)27)17-5-7-25-29-13-26(33(25)15-17)38(36,37)34-23-9-18(10-28-22(23)12-31-34)19-11-30-32(2)14-19/h4-15H,3H2,1-2H3. The summed E-state index contributed by atoms with van der Waals surface area (Å²) in [6, 6.07) is 9.38. The van der Waals surface area contributed by atoms with Gasteiger partial charge in [0.25, 0.3) is 0 Å². The summed E-state index contributed by atoms with van der Waals surface area (Å²) in [6.45, 7) is 1.67. The number of ketones is 1. The van der Waals surface area contributed by atoms with Crippen molar-refractivity contribution in [2.45, 2.75) is 18.4 Å². The van der Waals surface area contributed by atoms with Gasteiger partial charge >= 0.3 is 10.0 Å². The van der Waals surface area contributed by atoms with Crippen LogP contribution in [-0.2, 0) is 17.1 Å². The van der Waals surface area contributed by atoms with Crippen LogP contribution in [0.4, 0.5) is 4.39 Å². The van der Waals surface area contributed by atoms with E-state index in [1.807, 2.05) is 0 Å². The molecular weight excluding hydrogens is 509 g/mol. The summed E-state index contributed by atoms with van der Waals surface area (Å²) in [6.07, 6.45) is 9.50. The average Bonchev–Trinajstić information content (AvgIpc) is 3.65. The largest absolute Gasteiger partial charge is 0.301 e. The Morgan fingerprint density at radius 3 is 2.45 bits per heavy atom. The Kier molecular flexibility index (Phi) is 5.42. The molecule has 0 amide bonds. The number of aryl methyl sites for hydroxylation is 1. The van der Waals surface area contributed by atoms with E-state index in [2.05, 4.69) is 20.2 Å². The van der Waals surface area contributed by atoms with Crippen molar-refractivity contribution >= 4 is 32.5 Å². The van der Waals surface area contributed by atoms with Gasteiger partial charge in [0.2, 0.25) is 0 Å². The van der Waals surface area contributed by atoms with E-state index in [4.69, 9.17) is 0 Å². The fourth-order valence-electron chi connectivity index (χ4n) is 4.33. The minimum atomic E-state index is -4.20. The number of aromatic nitrogens is 7. The molecule has 10 nitrogen and oxygen atoms in total. The fourth-order valence-corrected chi connectivity index (χ4v) is 5.66. The second kappa shape index (κ2) is 8.70. The van der Waals surface area contributed by atoms with E-state index in [9.17, 15) is 17.6 Å². The highest BCUT2D eigenvalue weighted by atomic mass is 32.2. The molecule has 5 aromatic heterocycles. The second-order valence-corrected chi connectivity index (χ2v) is 10.5. The molecule has 6 rings (SSSR count). The first kappa shape index (κ1) is 23.7. The van der Waals surface area contributed by atoms with Crippen LogP contribution in [0.2, 0.25) is 0 Å². The summed E-state index contributed by atoms with van der Waals surface area (Å²) in [5.74, 6) is -0.923. The maximum Gasteiger partial charge on any atom is 0.301 e. The summed E-state index contributed by atoms with van der Waals surface area (Å²) < 4.78 is 46.2. The van der Waals surface area contributed by atoms with Crippen LogP contribution < -0.4 is 0 Å². The Morgan fingerprint density at radius 1 is 0.895 bits per heavy atom. The highest BCUT2D eigenvalue weighted by Gasteiger charge is 2.25. The van der Waals surface area contributed by atoms with Crippen LogP contribution in [-0.4, -0.2) is 47.5 Å². The lowest BCUT2D eigenvalue weighted by atomic mass is 10.0. The molecule has 0 unspecified atom stereocenters. The van der Waals surface area contributed by atoms with Crippen molar-refractivity contribution in [2.75, 3.05) is 0 Å². The molecule has 38 heavy (non-hydrogen) atoms. The molecule has 190 valence electrons. The number of hydrogen-bond acceptors (Lipinski definition) is 7. The molecular formula is C26H20FN7O3S. The minimum Gasteiger partial charge on any atom is -0.294 e. The number of hydrogen-bond donors (Lipinski definition) is 0. The lowest BCUT2D eigenvalue weighted by Crippen LogP contribution is -2.16. The number of rotatable bonds is 6. The van der Waals surface area contributed by atoms with E-state index < -0.39 is 15.8 Å². The highest BCUT2D eigenvalue weighted by Crippen LogP contribution is 2.27. The summed E-state index contributed by atoms with van der Waals surface area (Å²) in [4.78, 5) is 20.6. The van der Waals surface area contributed by atoms with E-state index in [0.29, 0.717) is 33.4 Å². The van der Waals surface area contributed by atoms with E-state index >= 15 is 0 Å². The van der Waals surface area contributed by atoms with Crippen LogP contribution in [0.15, 0.2) is 78.6 Å². The van der Waals surface area contributed by atoms with E-state index in [1.165, 1.54) is 28.9 Å². The Morgan fingerprint density at radius 2 is 1.71 bits per heavy atom. The third kappa shape index (κ3) is 3.77. The number of pyridine rings is 2. The Hall–Kier alpha value is -4.71. The molecule has 0 saturated heterocycles. The topological polar surface area (TPSA) is 117 Å². The number of nitrogens with zero attached hydrogens (tertiary/aromatic N) is 7. The van der Waals surface area contributed by atoms with Crippen LogP contribution in [0.25, 0.3) is 38.9 Å². The molecule has 6 aromatic rings. The van der Waals surface area contributed by atoms with Crippen molar-refractivity contribution in [1.29, 1.82) is 0 Å². The van der Waals surface area contributed by atoms with E-state index in [0.717, 1.165) is 9.65 Å². The smallest absolute Gasteiger partial charge is 0.294 e. The number of fused-ring (bicyclic) bond motifs is 2. The van der Waals surface area contributed by atoms with Crippen LogP contribution in [0, 0.1) is 5.82 Å². The summed E-state index contributed by atoms with van der Waals surface area (Å²) in [5, 5.41) is 8.16. The van der Waals surface area contributed by atoms with Gasteiger partial charge in [0.1, 0.15) is 22.5 Å². The van der Waals surface area contributed by atoms with Gasteiger partial charge in [0, 0.05) is 43.2 Å². The Labute approximate surface area is 216 Å². The molecule has 0 spiro atoms. The first-order valence-corrected chi connectivity index (χ1v) is 13.1. The fraction of sp³-hybridized carbons (Fsp3) is 0.115. The van der Waals surface area contributed by atoms with Gasteiger partial charge in [0.05, 0.1) is 24.2 Å². The Balaban J connectivity index is 1.45. The summed E-state index contributed by atoms with van der Waals surface area (Å²) >= 11 is 0. The zero-order chi connectivity index (χ0) is 26.6. The SMILES string of the molecule is CCC(=O)c1ccc(-c2ccc3ncc(S(=O)(=O)n4ncc5ncc(-c6cnn(C)c6)cc54)n3c2)cc1F. The average molecular weight is 530 g/mol. The number of imidazole rings is 1. The van der Waals surface area contributed by atoms with Crippen molar-refractivity contribution in [3.8, 4) is 22.3 Å². The zero-order valence-corrected chi connectivity index (χ0v) is 21.1. The summed E-state index contributed by atoms with van der Waals surface area (Å²) in [7, 11) is -2.41. The van der Waals surface area contributed by atoms with Gasteiger partial charge in [-0.3, -0.25) is 18.9 Å². The summed E-state index contributed by atoms with van der Waals surface area (Å²) in [5.41, 5.74) is 3.63. The van der Waals surface area contributed by atoms with Crippen molar-refractivity contribution in [1.82, 2.24) is 33.3 Å². The van der Waals surface area contributed by atoms with E-state index in [1.54, 1.807) is 67.7 Å². The van der Waals surface area contributed by atoms with Crippen molar-refractivity contribution in [2.24, 2.45) is 7.05 Å². The normalized spacial score (nSPS) is 12.0. The quantitative estimate of drug-likeness (QED) is 0.298. The first-order valence-electron chi connectivity index (χ1n) is 11.6. The van der Waals surface area contributed by atoms with Crippen molar-refractivity contribution in [3.05, 3.63) is 85.0 Å². The third-order valence-electron chi connectivity index (χ3n) is 6.31. The molecule has 0 N–H and O–H groups in total. The van der Waals surface area contributed by atoms with Crippen molar-refractivity contribution < 1.29 is 17.6 Å². The number of Topliss-reactive ketones (excluding diaryl/α,β-unsaturated/α-hetero) is 1. The van der Waals surface area contributed by atoms with E-state index in [-0.39, 0.29) is 22.8 Å². The van der Waals surface area contributed by atoms with Gasteiger partial charge in [-0.05, 0) is 41.5 Å². The number of halogens is 1. The predicted molar refractivity (Wildman–Crippen MR) is 138 cm³/mol. The molecule has 0 fully saturated rings. The first-order chi connectivity index (χ1) is 18.3. The lowest BCUT2D eigenvalue weighted by Gasteiger charge is -2.09. The molecule has 0 bridgehead atoms. The zero-order valence-electron chi connectivity index (χ0n) is 20.3. The van der Waals surface area contributed by atoms with Crippen molar-refractivity contribution in [3.63, 3.8) is 0 Å².